The molecule has 0 heterocycles. The van der Waals surface area contributed by atoms with Crippen LogP contribution in [0, 0.1) is 0 Å². The molecule has 8 heteroatoms. The van der Waals surface area contributed by atoms with Gasteiger partial charge in [-0.2, -0.15) is 0 Å². The molecule has 0 fully saturated rings. The predicted molar refractivity (Wildman–Crippen MR) is 72.9 cm³/mol. The fraction of sp³-hybridized carbons (Fsp3) is 0.727. The number of aliphatic carboxylic acids is 1. The van der Waals surface area contributed by atoms with E-state index in [0.29, 0.717) is 8.58 Å². The van der Waals surface area contributed by atoms with Crippen LogP contribution < -0.4 is 10.6 Å². The average Bonchev–Trinajstić information content (AvgIpc) is 2.31. The number of rotatable bonds is 8. The number of carbonyl (C=O) groups excluding carboxylic acids is 2. The van der Waals surface area contributed by atoms with Crippen molar-refractivity contribution < 1.29 is 24.2 Å². The summed E-state index contributed by atoms with van der Waals surface area (Å²) in [5.74, 6) is -1.41. The van der Waals surface area contributed by atoms with E-state index in [-0.39, 0.29) is 19.1 Å². The van der Waals surface area contributed by atoms with Gasteiger partial charge in [0.15, 0.2) is 0 Å². The molecular formula is C11H21N2O5P. The van der Waals surface area contributed by atoms with Crippen LogP contribution in [0.5, 0.6) is 0 Å². The van der Waals surface area contributed by atoms with Gasteiger partial charge < -0.3 is 20.5 Å². The lowest BCUT2D eigenvalue weighted by atomic mass is 10.2. The second-order valence-corrected chi connectivity index (χ2v) is 6.61. The van der Waals surface area contributed by atoms with Crippen LogP contribution in [0.2, 0.25) is 0 Å². The van der Waals surface area contributed by atoms with Crippen LogP contribution in [0.3, 0.4) is 0 Å². The van der Waals surface area contributed by atoms with Gasteiger partial charge in [0.25, 0.3) is 0 Å². The van der Waals surface area contributed by atoms with Gasteiger partial charge in [0.1, 0.15) is 13.2 Å². The van der Waals surface area contributed by atoms with Crippen molar-refractivity contribution in [1.82, 2.24) is 10.6 Å². The first-order valence-electron chi connectivity index (χ1n) is 5.95. The van der Waals surface area contributed by atoms with Gasteiger partial charge in [0.2, 0.25) is 0 Å². The molecule has 110 valence electrons. The molecule has 3 N–H and O–H groups in total. The van der Waals surface area contributed by atoms with E-state index in [1.165, 1.54) is 0 Å². The van der Waals surface area contributed by atoms with E-state index >= 15 is 0 Å². The van der Waals surface area contributed by atoms with E-state index in [4.69, 9.17) is 9.84 Å². The molecular weight excluding hydrogens is 271 g/mol. The molecule has 0 aromatic rings. The molecule has 0 rings (SSSR count). The number of esters is 1. The zero-order valence-corrected chi connectivity index (χ0v) is 12.4. The van der Waals surface area contributed by atoms with Gasteiger partial charge in [-0.3, -0.25) is 9.59 Å². The lowest BCUT2D eigenvalue weighted by Crippen LogP contribution is -2.40. The van der Waals surface area contributed by atoms with Crippen molar-refractivity contribution in [3.63, 3.8) is 0 Å². The highest BCUT2D eigenvalue weighted by molar-refractivity contribution is 7.41. The molecule has 0 bridgehead atoms. The molecule has 0 saturated heterocycles. The Hall–Kier alpha value is -1.36. The van der Waals surface area contributed by atoms with Gasteiger partial charge in [0, 0.05) is 0 Å². The van der Waals surface area contributed by atoms with Crippen LogP contribution in [0.25, 0.3) is 0 Å². The summed E-state index contributed by atoms with van der Waals surface area (Å²) in [6, 6.07) is -0.604. The third-order valence-corrected chi connectivity index (χ3v) is 3.59. The first kappa shape index (κ1) is 17.6. The number of amides is 2. The van der Waals surface area contributed by atoms with Crippen LogP contribution in [0.1, 0.15) is 20.8 Å². The van der Waals surface area contributed by atoms with E-state index < -0.39 is 23.7 Å². The number of hydrogen-bond donors (Lipinski definition) is 3. The van der Waals surface area contributed by atoms with Crippen molar-refractivity contribution in [2.75, 3.05) is 25.9 Å². The van der Waals surface area contributed by atoms with Gasteiger partial charge in [-0.05, 0) is 20.0 Å². The van der Waals surface area contributed by atoms with Crippen molar-refractivity contribution in [3.8, 4) is 0 Å². The molecule has 0 aliphatic rings. The van der Waals surface area contributed by atoms with Crippen LogP contribution >= 0.6 is 8.58 Å². The van der Waals surface area contributed by atoms with Crippen LogP contribution in [0.15, 0.2) is 0 Å². The molecule has 0 aliphatic heterocycles. The standard InChI is InChI=1S/C11H21N2O5P/c1-4-19-11(2,3)9(16)18-6-5-12-10(17)13-7-8(14)15/h19H,4-7H2,1-3H3,(H,14,15)(H2,12,13,17). The van der Waals surface area contributed by atoms with E-state index in [9.17, 15) is 14.4 Å². The Kier molecular flexibility index (Phi) is 8.07. The zero-order chi connectivity index (χ0) is 14.9. The molecule has 1 unspecified atom stereocenters. The summed E-state index contributed by atoms with van der Waals surface area (Å²) in [7, 11) is 0.487. The Morgan fingerprint density at radius 1 is 1.26 bits per heavy atom. The normalized spacial score (nSPS) is 11.3. The highest BCUT2D eigenvalue weighted by Crippen LogP contribution is 2.31. The first-order chi connectivity index (χ1) is 8.79. The summed E-state index contributed by atoms with van der Waals surface area (Å²) >= 11 is 0. The molecule has 0 aromatic carbocycles. The highest BCUT2D eigenvalue weighted by Gasteiger charge is 2.28. The van der Waals surface area contributed by atoms with E-state index in [0.717, 1.165) is 6.16 Å². The lowest BCUT2D eigenvalue weighted by molar-refractivity contribution is -0.145. The summed E-state index contributed by atoms with van der Waals surface area (Å²) in [5.41, 5.74) is 0. The van der Waals surface area contributed by atoms with Crippen molar-refractivity contribution in [3.05, 3.63) is 0 Å². The van der Waals surface area contributed by atoms with Gasteiger partial charge in [0.05, 0.1) is 11.7 Å². The van der Waals surface area contributed by atoms with E-state index in [1.54, 1.807) is 0 Å². The van der Waals surface area contributed by atoms with Gasteiger partial charge in [-0.15, -0.1) is 8.58 Å². The first-order valence-corrected chi connectivity index (χ1v) is 7.16. The maximum Gasteiger partial charge on any atom is 0.323 e. The monoisotopic (exact) mass is 292 g/mol. The molecule has 0 aromatic heterocycles. The molecule has 19 heavy (non-hydrogen) atoms. The van der Waals surface area contributed by atoms with Crippen LogP contribution in [0.4, 0.5) is 4.79 Å². The molecule has 0 spiro atoms. The van der Waals surface area contributed by atoms with Gasteiger partial charge >= 0.3 is 18.0 Å². The van der Waals surface area contributed by atoms with Crippen molar-refractivity contribution in [1.29, 1.82) is 0 Å². The molecule has 7 nitrogen and oxygen atoms in total. The maximum atomic E-state index is 11.7. The van der Waals surface area contributed by atoms with E-state index in [1.807, 2.05) is 20.8 Å². The average molecular weight is 292 g/mol. The fourth-order valence-electron chi connectivity index (χ4n) is 1.22. The lowest BCUT2D eigenvalue weighted by Gasteiger charge is -2.21. The molecule has 2 amide bonds. The Labute approximate surface area is 114 Å². The summed E-state index contributed by atoms with van der Waals surface area (Å²) in [5, 5.41) is 12.4. The van der Waals surface area contributed by atoms with E-state index in [2.05, 4.69) is 10.6 Å². The third-order valence-electron chi connectivity index (χ3n) is 2.15. The Balaban J connectivity index is 3.77. The highest BCUT2D eigenvalue weighted by atomic mass is 31.1. The Morgan fingerprint density at radius 3 is 2.42 bits per heavy atom. The predicted octanol–water partition coefficient (Wildman–Crippen LogP) is 0.390. The second-order valence-electron chi connectivity index (χ2n) is 4.29. The zero-order valence-electron chi connectivity index (χ0n) is 11.4. The number of carboxylic acids is 1. The minimum absolute atomic E-state index is 0.0664. The summed E-state index contributed by atoms with van der Waals surface area (Å²) in [4.78, 5) is 32.9. The number of carboxylic acid groups (broad SMARTS) is 1. The number of carbonyl (C=O) groups is 3. The SMILES string of the molecule is CCPC(C)(C)C(=O)OCCNC(=O)NCC(=O)O. The number of hydrogen-bond acceptors (Lipinski definition) is 4. The minimum atomic E-state index is -1.12. The van der Waals surface area contributed by atoms with Gasteiger partial charge in [-0.1, -0.05) is 6.92 Å². The van der Waals surface area contributed by atoms with Crippen LogP contribution in [-0.4, -0.2) is 54.1 Å². The summed E-state index contributed by atoms with van der Waals surface area (Å²) in [6.07, 6.45) is 0.915. The summed E-state index contributed by atoms with van der Waals surface area (Å²) < 4.78 is 5.04. The third kappa shape index (κ3) is 8.37. The Morgan fingerprint density at radius 2 is 1.89 bits per heavy atom. The molecule has 1 atom stereocenters. The largest absolute Gasteiger partial charge is 0.480 e. The van der Waals surface area contributed by atoms with Crippen LogP contribution in [-0.2, 0) is 14.3 Å². The summed E-state index contributed by atoms with van der Waals surface area (Å²) in [6.45, 7) is 5.41. The minimum Gasteiger partial charge on any atom is -0.480 e. The van der Waals surface area contributed by atoms with Gasteiger partial charge in [-0.25, -0.2) is 4.79 Å². The topological polar surface area (TPSA) is 105 Å². The van der Waals surface area contributed by atoms with Crippen molar-refractivity contribution in [2.24, 2.45) is 0 Å². The molecule has 0 radical (unpaired) electrons. The number of urea groups is 1. The second kappa shape index (κ2) is 8.69. The van der Waals surface area contributed by atoms with Crippen molar-refractivity contribution in [2.45, 2.75) is 25.9 Å². The smallest absolute Gasteiger partial charge is 0.323 e. The maximum absolute atomic E-state index is 11.7. The molecule has 0 saturated carbocycles. The quantitative estimate of drug-likeness (QED) is 0.341. The Bertz CT molecular complexity index is 333. The number of ether oxygens (including phenoxy) is 1. The number of nitrogens with one attached hydrogen (secondary N) is 2. The van der Waals surface area contributed by atoms with Crippen molar-refractivity contribution >= 4 is 26.6 Å². The fourth-order valence-corrected chi connectivity index (χ4v) is 2.32. The molecule has 0 aliphatic carbocycles.